The molecule has 2 N–H and O–H groups in total. The molecule has 0 spiro atoms. The predicted octanol–water partition coefficient (Wildman–Crippen LogP) is 5.92. The number of aromatic amines is 1. The Kier molecular flexibility index (Phi) is 8.17. The summed E-state index contributed by atoms with van der Waals surface area (Å²) < 4.78 is 54.4. The molecular weight excluding hydrogens is 577 g/mol. The number of hydrogen-bond donors (Lipinski definition) is 2. The van der Waals surface area contributed by atoms with Crippen molar-refractivity contribution in [3.05, 3.63) is 57.4 Å². The van der Waals surface area contributed by atoms with Gasteiger partial charge in [-0.2, -0.15) is 18.3 Å². The zero-order valence-electron chi connectivity index (χ0n) is 23.2. The summed E-state index contributed by atoms with van der Waals surface area (Å²) in [7, 11) is 1.35. The van der Waals surface area contributed by atoms with Gasteiger partial charge in [0, 0.05) is 17.7 Å². The van der Waals surface area contributed by atoms with Crippen LogP contribution < -0.4 is 0 Å². The van der Waals surface area contributed by atoms with Gasteiger partial charge in [-0.1, -0.05) is 29.8 Å². The average molecular weight is 609 g/mol. The Morgan fingerprint density at radius 3 is 2.62 bits per heavy atom. The lowest BCUT2D eigenvalue weighted by Crippen LogP contribution is -2.34. The van der Waals surface area contributed by atoms with E-state index in [-0.39, 0.29) is 41.9 Å². The number of allylic oxidation sites excluding steroid dienone is 2. The molecule has 226 valence electrons. The number of halogens is 4. The number of carboxylic acid groups (broad SMARTS) is 1. The summed E-state index contributed by atoms with van der Waals surface area (Å²) in [6.45, 7) is 1.82. The van der Waals surface area contributed by atoms with Gasteiger partial charge < -0.3 is 14.6 Å². The van der Waals surface area contributed by atoms with Crippen molar-refractivity contribution in [1.29, 1.82) is 0 Å². The first-order valence-electron chi connectivity index (χ1n) is 14.0. The minimum atomic E-state index is -4.73. The third-order valence-corrected chi connectivity index (χ3v) is 9.42. The molecule has 1 aromatic carbocycles. The fourth-order valence-electron chi connectivity index (χ4n) is 6.98. The van der Waals surface area contributed by atoms with Gasteiger partial charge in [0.05, 0.1) is 47.2 Å². The lowest BCUT2D eigenvalue weighted by atomic mass is 9.75. The van der Waals surface area contributed by atoms with Gasteiger partial charge >= 0.3 is 24.1 Å². The Balaban J connectivity index is 1.48. The molecule has 1 heterocycles. The standard InChI is InChI=1S/C30H32ClF3N2O6/c1-3-42-28(40)19-9-7-15(25-20-10-8-16(27(39)41-2)13-23(20)35-36-25)11-17(19)12-18-14-29(18,30(32,33)34)21-5-4-6-22(31)24(21)26(37)38/h4-6,11,16-19H,3,7-10,12-14H2,1-2H3,(H,35,36)(H,37,38). The second-order valence-electron chi connectivity index (χ2n) is 11.3. The second kappa shape index (κ2) is 11.4. The Bertz CT molecular complexity index is 1440. The number of nitrogens with zero attached hydrogens (tertiary/aromatic N) is 1. The van der Waals surface area contributed by atoms with E-state index < -0.39 is 46.8 Å². The highest BCUT2D eigenvalue weighted by atomic mass is 35.5. The van der Waals surface area contributed by atoms with Crippen molar-refractivity contribution in [2.75, 3.05) is 13.7 Å². The van der Waals surface area contributed by atoms with Crippen LogP contribution in [0, 0.1) is 23.7 Å². The van der Waals surface area contributed by atoms with E-state index in [2.05, 4.69) is 10.2 Å². The van der Waals surface area contributed by atoms with Crippen LogP contribution in [0.5, 0.6) is 0 Å². The van der Waals surface area contributed by atoms with Crippen molar-refractivity contribution in [3.63, 3.8) is 0 Å². The lowest BCUT2D eigenvalue weighted by molar-refractivity contribution is -0.165. The third-order valence-electron chi connectivity index (χ3n) is 9.11. The Morgan fingerprint density at radius 1 is 1.19 bits per heavy atom. The van der Waals surface area contributed by atoms with E-state index in [1.54, 1.807) is 6.92 Å². The largest absolute Gasteiger partial charge is 0.478 e. The van der Waals surface area contributed by atoms with Crippen LogP contribution in [0.2, 0.25) is 5.02 Å². The molecule has 2 aromatic rings. The molecular formula is C30H32ClF3N2O6. The first kappa shape index (κ1) is 30.1. The third kappa shape index (κ3) is 5.20. The number of aromatic carboxylic acids is 1. The maximum atomic E-state index is 14.8. The molecule has 1 aromatic heterocycles. The molecule has 0 saturated heterocycles. The lowest BCUT2D eigenvalue weighted by Gasteiger charge is -2.31. The molecule has 5 atom stereocenters. The number of benzene rings is 1. The SMILES string of the molecule is CCOC(=O)C1CCC(c2n[nH]c3c2CCC(C(=O)OC)C3)=CC1CC1CC1(c1cccc(Cl)c1C(=O)O)C(F)(F)F. The first-order chi connectivity index (χ1) is 19.9. The van der Waals surface area contributed by atoms with Gasteiger partial charge in [0.25, 0.3) is 0 Å². The van der Waals surface area contributed by atoms with Crippen LogP contribution >= 0.6 is 11.6 Å². The summed E-state index contributed by atoms with van der Waals surface area (Å²) in [6.07, 6.45) is -0.663. The van der Waals surface area contributed by atoms with Gasteiger partial charge in [-0.25, -0.2) is 4.79 Å². The molecule has 5 unspecified atom stereocenters. The number of fused-ring (bicyclic) bond motifs is 1. The molecule has 5 rings (SSSR count). The fourth-order valence-corrected chi connectivity index (χ4v) is 7.24. The summed E-state index contributed by atoms with van der Waals surface area (Å²) in [5, 5.41) is 17.0. The number of ether oxygens (including phenoxy) is 2. The maximum Gasteiger partial charge on any atom is 0.398 e. The number of carboxylic acids is 1. The van der Waals surface area contributed by atoms with E-state index in [0.29, 0.717) is 37.8 Å². The zero-order valence-corrected chi connectivity index (χ0v) is 24.0. The number of methoxy groups -OCH3 is 1. The fraction of sp³-hybridized carbons (Fsp3) is 0.533. The van der Waals surface area contributed by atoms with Crippen LogP contribution in [0.1, 0.15) is 71.9 Å². The van der Waals surface area contributed by atoms with E-state index in [4.69, 9.17) is 21.1 Å². The van der Waals surface area contributed by atoms with Crippen molar-refractivity contribution >= 4 is 35.1 Å². The van der Waals surface area contributed by atoms with Gasteiger partial charge in [0.15, 0.2) is 0 Å². The number of rotatable bonds is 8. The highest BCUT2D eigenvalue weighted by Crippen LogP contribution is 2.67. The van der Waals surface area contributed by atoms with Gasteiger partial charge in [0.1, 0.15) is 0 Å². The number of esters is 2. The van der Waals surface area contributed by atoms with Crippen LogP contribution in [0.4, 0.5) is 13.2 Å². The molecule has 3 aliphatic carbocycles. The van der Waals surface area contributed by atoms with E-state index in [0.717, 1.165) is 16.8 Å². The highest BCUT2D eigenvalue weighted by Gasteiger charge is 2.72. The molecule has 12 heteroatoms. The first-order valence-corrected chi connectivity index (χ1v) is 14.4. The number of carbonyl (C=O) groups excluding carboxylic acids is 2. The monoisotopic (exact) mass is 608 g/mol. The predicted molar refractivity (Wildman–Crippen MR) is 146 cm³/mol. The molecule has 0 amide bonds. The topological polar surface area (TPSA) is 119 Å². The van der Waals surface area contributed by atoms with Crippen LogP contribution in [0.25, 0.3) is 5.57 Å². The average Bonchev–Trinajstić information content (AvgIpc) is 3.53. The normalized spacial score (nSPS) is 27.0. The minimum absolute atomic E-state index is 0.00902. The number of aromatic nitrogens is 2. The van der Waals surface area contributed by atoms with Crippen molar-refractivity contribution in [2.24, 2.45) is 23.7 Å². The molecule has 42 heavy (non-hydrogen) atoms. The van der Waals surface area contributed by atoms with Crippen molar-refractivity contribution in [3.8, 4) is 0 Å². The summed E-state index contributed by atoms with van der Waals surface area (Å²) in [4.78, 5) is 37.0. The van der Waals surface area contributed by atoms with Gasteiger partial charge in [0.2, 0.25) is 0 Å². The van der Waals surface area contributed by atoms with Gasteiger partial charge in [-0.05, 0) is 74.5 Å². The Hall–Kier alpha value is -3.34. The molecule has 0 bridgehead atoms. The summed E-state index contributed by atoms with van der Waals surface area (Å²) in [6, 6.07) is 3.78. The van der Waals surface area contributed by atoms with Crippen LogP contribution in [0.15, 0.2) is 24.3 Å². The van der Waals surface area contributed by atoms with Crippen molar-refractivity contribution in [2.45, 2.75) is 63.5 Å². The number of H-pyrrole nitrogens is 1. The molecule has 1 saturated carbocycles. The Morgan fingerprint density at radius 2 is 1.95 bits per heavy atom. The van der Waals surface area contributed by atoms with Crippen molar-refractivity contribution in [1.82, 2.24) is 10.2 Å². The van der Waals surface area contributed by atoms with E-state index >= 15 is 0 Å². The Labute approximate surface area is 245 Å². The summed E-state index contributed by atoms with van der Waals surface area (Å²) >= 11 is 6.06. The molecule has 1 fully saturated rings. The van der Waals surface area contributed by atoms with Gasteiger partial charge in [-0.15, -0.1) is 0 Å². The van der Waals surface area contributed by atoms with E-state index in [9.17, 15) is 32.7 Å². The van der Waals surface area contributed by atoms with Crippen LogP contribution in [-0.2, 0) is 37.3 Å². The van der Waals surface area contributed by atoms with Crippen LogP contribution in [0.3, 0.4) is 0 Å². The molecule has 8 nitrogen and oxygen atoms in total. The summed E-state index contributed by atoms with van der Waals surface area (Å²) in [5.41, 5.74) is 0.0599. The maximum absolute atomic E-state index is 14.8. The van der Waals surface area contributed by atoms with E-state index in [1.807, 2.05) is 6.08 Å². The smallest absolute Gasteiger partial charge is 0.398 e. The number of nitrogens with one attached hydrogen (secondary N) is 1. The summed E-state index contributed by atoms with van der Waals surface area (Å²) in [5.74, 6) is -4.72. The zero-order chi connectivity index (χ0) is 30.4. The molecule has 3 aliphatic rings. The van der Waals surface area contributed by atoms with Crippen molar-refractivity contribution < 1.29 is 42.1 Å². The number of hydrogen-bond acceptors (Lipinski definition) is 6. The highest BCUT2D eigenvalue weighted by molar-refractivity contribution is 6.33. The molecule has 0 radical (unpaired) electrons. The quantitative estimate of drug-likeness (QED) is 0.357. The minimum Gasteiger partial charge on any atom is -0.478 e. The second-order valence-corrected chi connectivity index (χ2v) is 11.7. The number of carbonyl (C=O) groups is 3. The molecule has 0 aliphatic heterocycles. The van der Waals surface area contributed by atoms with Crippen LogP contribution in [-0.4, -0.2) is 53.1 Å². The van der Waals surface area contributed by atoms with Gasteiger partial charge in [-0.3, -0.25) is 14.7 Å². The number of alkyl halides is 3. The van der Waals surface area contributed by atoms with E-state index in [1.165, 1.54) is 25.3 Å².